The predicted octanol–water partition coefficient (Wildman–Crippen LogP) is 2.95. The van der Waals surface area contributed by atoms with E-state index in [9.17, 15) is 0 Å². The molecule has 4 nitrogen and oxygen atoms in total. The number of hydrogen-bond acceptors (Lipinski definition) is 4. The Morgan fingerprint density at radius 2 is 1.90 bits per heavy atom. The molecule has 0 unspecified atom stereocenters. The highest BCUT2D eigenvalue weighted by Crippen LogP contribution is 2.25. The second kappa shape index (κ2) is 6.95. The monoisotopic (exact) mass is 302 g/mol. The van der Waals surface area contributed by atoms with Crippen molar-refractivity contribution in [2.45, 2.75) is 6.54 Å². The van der Waals surface area contributed by atoms with Gasteiger partial charge in [0.2, 0.25) is 0 Å². The van der Waals surface area contributed by atoms with Gasteiger partial charge in [0.1, 0.15) is 16.5 Å². The number of rotatable bonds is 6. The molecule has 2 aromatic rings. The number of thiocarbonyl (C=S) groups is 1. The van der Waals surface area contributed by atoms with Crippen LogP contribution < -0.4 is 20.5 Å². The highest BCUT2D eigenvalue weighted by molar-refractivity contribution is 7.80. The summed E-state index contributed by atoms with van der Waals surface area (Å²) in [6.45, 7) is 0.604. The number of benzene rings is 2. The van der Waals surface area contributed by atoms with Crippen molar-refractivity contribution in [3.63, 3.8) is 0 Å². The van der Waals surface area contributed by atoms with Crippen LogP contribution in [0.1, 0.15) is 11.1 Å². The molecule has 2 rings (SSSR count). The van der Waals surface area contributed by atoms with E-state index in [1.165, 1.54) is 0 Å². The molecule has 0 saturated carbocycles. The van der Waals surface area contributed by atoms with E-state index in [0.29, 0.717) is 11.5 Å². The van der Waals surface area contributed by atoms with Crippen molar-refractivity contribution in [2.75, 3.05) is 19.5 Å². The molecule has 3 N–H and O–H groups in total. The van der Waals surface area contributed by atoms with Crippen molar-refractivity contribution in [3.05, 3.63) is 53.6 Å². The second-order valence-electron chi connectivity index (χ2n) is 4.44. The molecule has 0 spiro atoms. The molecule has 0 aliphatic heterocycles. The molecule has 0 heterocycles. The van der Waals surface area contributed by atoms with Crippen LogP contribution in [-0.4, -0.2) is 19.2 Å². The summed E-state index contributed by atoms with van der Waals surface area (Å²) >= 11 is 5.08. The minimum Gasteiger partial charge on any atom is -0.497 e. The van der Waals surface area contributed by atoms with Gasteiger partial charge in [0.25, 0.3) is 0 Å². The van der Waals surface area contributed by atoms with Crippen molar-refractivity contribution >= 4 is 22.9 Å². The Hall–Kier alpha value is -2.27. The summed E-state index contributed by atoms with van der Waals surface area (Å²) in [6, 6.07) is 13.4. The average molecular weight is 302 g/mol. The third-order valence-electron chi connectivity index (χ3n) is 3.15. The van der Waals surface area contributed by atoms with Crippen molar-refractivity contribution in [1.29, 1.82) is 0 Å². The van der Waals surface area contributed by atoms with Crippen molar-refractivity contribution < 1.29 is 9.47 Å². The molecule has 0 radical (unpaired) electrons. The van der Waals surface area contributed by atoms with Gasteiger partial charge in [-0.2, -0.15) is 0 Å². The summed E-state index contributed by atoms with van der Waals surface area (Å²) in [5, 5.41) is 3.33. The molecule has 0 aliphatic carbocycles. The first kappa shape index (κ1) is 15.1. The lowest BCUT2D eigenvalue weighted by atomic mass is 10.1. The molecule has 2 aromatic carbocycles. The quantitative estimate of drug-likeness (QED) is 0.804. The molecule has 0 atom stereocenters. The zero-order valence-electron chi connectivity index (χ0n) is 12.1. The molecule has 21 heavy (non-hydrogen) atoms. The Kier molecular flexibility index (Phi) is 5.00. The van der Waals surface area contributed by atoms with E-state index in [1.54, 1.807) is 14.2 Å². The van der Waals surface area contributed by atoms with Gasteiger partial charge in [0.15, 0.2) is 0 Å². The van der Waals surface area contributed by atoms with Crippen molar-refractivity contribution in [3.8, 4) is 11.5 Å². The number of nitrogens with two attached hydrogens (primary N) is 1. The summed E-state index contributed by atoms with van der Waals surface area (Å²) in [5.41, 5.74) is 8.44. The van der Waals surface area contributed by atoms with Gasteiger partial charge in [-0.1, -0.05) is 30.4 Å². The lowest BCUT2D eigenvalue weighted by Crippen LogP contribution is -2.13. The standard InChI is InChI=1S/C16H18N2O2S/c1-19-12-7-8-13(16(17)21)14(9-12)18-10-11-5-3-4-6-15(11)20-2/h3-9,18H,10H2,1-2H3,(H2,17,21). The predicted molar refractivity (Wildman–Crippen MR) is 89.2 cm³/mol. The molecule has 0 aromatic heterocycles. The van der Waals surface area contributed by atoms with E-state index < -0.39 is 0 Å². The van der Waals surface area contributed by atoms with Crippen LogP contribution >= 0.6 is 12.2 Å². The lowest BCUT2D eigenvalue weighted by Gasteiger charge is -2.14. The largest absolute Gasteiger partial charge is 0.497 e. The Bertz CT molecular complexity index is 644. The van der Waals surface area contributed by atoms with E-state index in [1.807, 2.05) is 42.5 Å². The van der Waals surface area contributed by atoms with Crippen LogP contribution in [0, 0.1) is 0 Å². The first-order chi connectivity index (χ1) is 10.2. The summed E-state index contributed by atoms with van der Waals surface area (Å²) in [4.78, 5) is 0.347. The molecule has 0 fully saturated rings. The zero-order valence-corrected chi connectivity index (χ0v) is 12.9. The Morgan fingerprint density at radius 3 is 2.57 bits per heavy atom. The minimum atomic E-state index is 0.347. The lowest BCUT2D eigenvalue weighted by molar-refractivity contribution is 0.410. The first-order valence-electron chi connectivity index (χ1n) is 6.49. The van der Waals surface area contributed by atoms with Crippen LogP contribution in [-0.2, 0) is 6.54 Å². The van der Waals surface area contributed by atoms with Gasteiger partial charge < -0.3 is 20.5 Å². The smallest absolute Gasteiger partial charge is 0.123 e. The molecule has 0 amide bonds. The van der Waals surface area contributed by atoms with Gasteiger partial charge in [0, 0.05) is 29.4 Å². The summed E-state index contributed by atoms with van der Waals surface area (Å²) in [7, 11) is 3.28. The first-order valence-corrected chi connectivity index (χ1v) is 6.90. The van der Waals surface area contributed by atoms with Gasteiger partial charge in [-0.05, 0) is 18.2 Å². The number of anilines is 1. The molecular formula is C16H18N2O2S. The Balaban J connectivity index is 2.24. The van der Waals surface area contributed by atoms with E-state index in [-0.39, 0.29) is 0 Å². The normalized spacial score (nSPS) is 10.0. The van der Waals surface area contributed by atoms with Crippen molar-refractivity contribution in [1.82, 2.24) is 0 Å². The van der Waals surface area contributed by atoms with E-state index in [0.717, 1.165) is 28.3 Å². The van der Waals surface area contributed by atoms with Gasteiger partial charge >= 0.3 is 0 Å². The van der Waals surface area contributed by atoms with Gasteiger partial charge in [-0.15, -0.1) is 0 Å². The zero-order chi connectivity index (χ0) is 15.2. The molecule has 0 aliphatic rings. The van der Waals surface area contributed by atoms with Crippen LogP contribution in [0.2, 0.25) is 0 Å². The maximum absolute atomic E-state index is 5.76. The summed E-state index contributed by atoms with van der Waals surface area (Å²) in [6.07, 6.45) is 0. The average Bonchev–Trinajstić information content (AvgIpc) is 2.52. The number of ether oxygens (including phenoxy) is 2. The van der Waals surface area contributed by atoms with Crippen LogP contribution in [0.5, 0.6) is 11.5 Å². The van der Waals surface area contributed by atoms with Crippen LogP contribution in [0.15, 0.2) is 42.5 Å². The van der Waals surface area contributed by atoms with Crippen molar-refractivity contribution in [2.24, 2.45) is 5.73 Å². The fourth-order valence-electron chi connectivity index (χ4n) is 2.05. The maximum atomic E-state index is 5.76. The van der Waals surface area contributed by atoms with Gasteiger partial charge in [-0.25, -0.2) is 0 Å². The SMILES string of the molecule is COc1ccc(C(N)=S)c(NCc2ccccc2OC)c1. The fraction of sp³-hybridized carbons (Fsp3) is 0.188. The van der Waals surface area contributed by atoms with Gasteiger partial charge in [0.05, 0.1) is 14.2 Å². The molecular weight excluding hydrogens is 284 g/mol. The summed E-state index contributed by atoms with van der Waals surface area (Å²) in [5.74, 6) is 1.59. The van der Waals surface area contributed by atoms with Crippen LogP contribution in [0.3, 0.4) is 0 Å². The number of para-hydroxylation sites is 1. The highest BCUT2D eigenvalue weighted by Gasteiger charge is 2.08. The van der Waals surface area contributed by atoms with Gasteiger partial charge in [-0.3, -0.25) is 0 Å². The molecule has 0 bridgehead atoms. The van der Waals surface area contributed by atoms with E-state index in [2.05, 4.69) is 5.32 Å². The Morgan fingerprint density at radius 1 is 1.14 bits per heavy atom. The molecule has 5 heteroatoms. The third kappa shape index (κ3) is 3.64. The number of hydrogen-bond donors (Lipinski definition) is 2. The second-order valence-corrected chi connectivity index (χ2v) is 4.88. The summed E-state index contributed by atoms with van der Waals surface area (Å²) < 4.78 is 10.6. The topological polar surface area (TPSA) is 56.5 Å². The van der Waals surface area contributed by atoms with E-state index in [4.69, 9.17) is 27.4 Å². The number of nitrogens with one attached hydrogen (secondary N) is 1. The maximum Gasteiger partial charge on any atom is 0.123 e. The van der Waals surface area contributed by atoms with Crippen LogP contribution in [0.4, 0.5) is 5.69 Å². The highest BCUT2D eigenvalue weighted by atomic mass is 32.1. The minimum absolute atomic E-state index is 0.347. The fourth-order valence-corrected chi connectivity index (χ4v) is 2.23. The third-order valence-corrected chi connectivity index (χ3v) is 3.37. The number of methoxy groups -OCH3 is 2. The molecule has 110 valence electrons. The van der Waals surface area contributed by atoms with E-state index >= 15 is 0 Å². The Labute approximate surface area is 129 Å². The van der Waals surface area contributed by atoms with Crippen LogP contribution in [0.25, 0.3) is 0 Å². The molecule has 0 saturated heterocycles.